The molecule has 1 heterocycles. The van der Waals surface area contributed by atoms with Gasteiger partial charge >= 0.3 is 0 Å². The van der Waals surface area contributed by atoms with Gasteiger partial charge in [-0.15, -0.1) is 11.3 Å². The van der Waals surface area contributed by atoms with Crippen LogP contribution in [0.2, 0.25) is 5.02 Å². The van der Waals surface area contributed by atoms with Gasteiger partial charge in [-0.05, 0) is 54.8 Å². The molecule has 1 fully saturated rings. The Kier molecular flexibility index (Phi) is 4.99. The monoisotopic (exact) mass is 319 g/mol. The van der Waals surface area contributed by atoms with Crippen LogP contribution in [0.25, 0.3) is 0 Å². The summed E-state index contributed by atoms with van der Waals surface area (Å²) in [5.74, 6) is 0.769. The van der Waals surface area contributed by atoms with Crippen molar-refractivity contribution in [1.29, 1.82) is 0 Å². The average molecular weight is 320 g/mol. The summed E-state index contributed by atoms with van der Waals surface area (Å²) in [7, 11) is 0. The summed E-state index contributed by atoms with van der Waals surface area (Å²) in [4.78, 5) is 1.47. The molecular weight excluding hydrogens is 298 g/mol. The zero-order valence-electron chi connectivity index (χ0n) is 12.4. The van der Waals surface area contributed by atoms with E-state index in [1.807, 2.05) is 23.5 Å². The molecule has 0 radical (unpaired) electrons. The van der Waals surface area contributed by atoms with Crippen molar-refractivity contribution in [3.8, 4) is 0 Å². The van der Waals surface area contributed by atoms with Gasteiger partial charge in [0, 0.05) is 22.0 Å². The van der Waals surface area contributed by atoms with Crippen molar-refractivity contribution in [3.05, 3.63) is 57.2 Å². The molecule has 0 saturated heterocycles. The summed E-state index contributed by atoms with van der Waals surface area (Å²) in [6.45, 7) is 2.24. The zero-order valence-corrected chi connectivity index (χ0v) is 14.0. The lowest BCUT2D eigenvalue weighted by Crippen LogP contribution is -2.29. The Morgan fingerprint density at radius 3 is 2.67 bits per heavy atom. The van der Waals surface area contributed by atoms with Gasteiger partial charge in [-0.3, -0.25) is 0 Å². The van der Waals surface area contributed by atoms with Crippen LogP contribution >= 0.6 is 22.9 Å². The first kappa shape index (κ1) is 15.1. The molecule has 21 heavy (non-hydrogen) atoms. The SMILES string of the molecule is CC(NC(c1cccs1)C1CCCC1)c1cccc(Cl)c1. The topological polar surface area (TPSA) is 12.0 Å². The highest BCUT2D eigenvalue weighted by Crippen LogP contribution is 2.38. The molecule has 2 atom stereocenters. The first-order valence-electron chi connectivity index (χ1n) is 7.79. The Morgan fingerprint density at radius 2 is 2.00 bits per heavy atom. The molecule has 1 nitrogen and oxygen atoms in total. The normalized spacial score (nSPS) is 18.8. The third-order valence-electron chi connectivity index (χ3n) is 4.50. The van der Waals surface area contributed by atoms with Crippen molar-refractivity contribution in [2.24, 2.45) is 5.92 Å². The molecular formula is C18H22ClNS. The fourth-order valence-electron chi connectivity index (χ4n) is 3.35. The molecule has 1 aliphatic carbocycles. The van der Waals surface area contributed by atoms with Crippen molar-refractivity contribution in [2.75, 3.05) is 0 Å². The van der Waals surface area contributed by atoms with E-state index in [9.17, 15) is 0 Å². The van der Waals surface area contributed by atoms with Crippen molar-refractivity contribution < 1.29 is 0 Å². The Labute approximate surface area is 136 Å². The molecule has 1 aromatic carbocycles. The predicted octanol–water partition coefficient (Wildman–Crippen LogP) is 5.98. The van der Waals surface area contributed by atoms with Crippen LogP contribution in [0.4, 0.5) is 0 Å². The molecule has 1 saturated carbocycles. The molecule has 0 aliphatic heterocycles. The number of thiophene rings is 1. The van der Waals surface area contributed by atoms with Gasteiger partial charge in [0.05, 0.1) is 0 Å². The molecule has 1 aliphatic rings. The fraction of sp³-hybridized carbons (Fsp3) is 0.444. The summed E-state index contributed by atoms with van der Waals surface area (Å²) in [5.41, 5.74) is 1.27. The Balaban J connectivity index is 1.77. The minimum absolute atomic E-state index is 0.316. The largest absolute Gasteiger partial charge is 0.302 e. The van der Waals surface area contributed by atoms with E-state index in [1.165, 1.54) is 36.1 Å². The second-order valence-electron chi connectivity index (χ2n) is 5.98. The van der Waals surface area contributed by atoms with Crippen LogP contribution in [0, 0.1) is 5.92 Å². The average Bonchev–Trinajstić information content (AvgIpc) is 3.18. The molecule has 112 valence electrons. The molecule has 2 aromatic rings. The van der Waals surface area contributed by atoms with Crippen LogP contribution in [-0.4, -0.2) is 0 Å². The summed E-state index contributed by atoms with van der Waals surface area (Å²) >= 11 is 8.00. The highest BCUT2D eigenvalue weighted by molar-refractivity contribution is 7.10. The molecule has 0 bridgehead atoms. The smallest absolute Gasteiger partial charge is 0.0448 e. The van der Waals surface area contributed by atoms with Crippen LogP contribution in [0.15, 0.2) is 41.8 Å². The minimum atomic E-state index is 0.316. The van der Waals surface area contributed by atoms with E-state index in [0.717, 1.165) is 10.9 Å². The highest BCUT2D eigenvalue weighted by atomic mass is 35.5. The number of hydrogen-bond donors (Lipinski definition) is 1. The van der Waals surface area contributed by atoms with Crippen LogP contribution in [0.1, 0.15) is 55.1 Å². The molecule has 1 N–H and O–H groups in total. The van der Waals surface area contributed by atoms with Gasteiger partial charge in [0.15, 0.2) is 0 Å². The summed E-state index contributed by atoms with van der Waals surface area (Å²) in [5, 5.41) is 6.85. The first-order chi connectivity index (χ1) is 10.2. The molecule has 0 amide bonds. The second kappa shape index (κ2) is 6.95. The molecule has 3 heteroatoms. The van der Waals surface area contributed by atoms with Crippen molar-refractivity contribution in [1.82, 2.24) is 5.32 Å². The van der Waals surface area contributed by atoms with Crippen LogP contribution < -0.4 is 5.32 Å². The number of rotatable bonds is 5. The number of halogens is 1. The summed E-state index contributed by atoms with van der Waals surface area (Å²) < 4.78 is 0. The lowest BCUT2D eigenvalue weighted by molar-refractivity contribution is 0.343. The van der Waals surface area contributed by atoms with Gasteiger partial charge in [-0.1, -0.05) is 42.6 Å². The van der Waals surface area contributed by atoms with Crippen molar-refractivity contribution in [2.45, 2.75) is 44.7 Å². The minimum Gasteiger partial charge on any atom is -0.302 e. The lowest BCUT2D eigenvalue weighted by atomic mass is 9.95. The van der Waals surface area contributed by atoms with Crippen LogP contribution in [-0.2, 0) is 0 Å². The van der Waals surface area contributed by atoms with Gasteiger partial charge < -0.3 is 5.32 Å². The van der Waals surface area contributed by atoms with E-state index in [0.29, 0.717) is 12.1 Å². The van der Waals surface area contributed by atoms with Crippen LogP contribution in [0.3, 0.4) is 0 Å². The number of benzene rings is 1. The summed E-state index contributed by atoms with van der Waals surface area (Å²) in [6, 6.07) is 13.4. The van der Waals surface area contributed by atoms with E-state index >= 15 is 0 Å². The Bertz CT molecular complexity index is 560. The number of nitrogens with one attached hydrogen (secondary N) is 1. The molecule has 0 spiro atoms. The second-order valence-corrected chi connectivity index (χ2v) is 7.40. The first-order valence-corrected chi connectivity index (χ1v) is 9.05. The van der Waals surface area contributed by atoms with Gasteiger partial charge in [0.25, 0.3) is 0 Å². The maximum atomic E-state index is 6.13. The van der Waals surface area contributed by atoms with E-state index in [1.54, 1.807) is 0 Å². The van der Waals surface area contributed by atoms with Crippen molar-refractivity contribution >= 4 is 22.9 Å². The van der Waals surface area contributed by atoms with E-state index in [-0.39, 0.29) is 0 Å². The maximum absolute atomic E-state index is 6.13. The third-order valence-corrected chi connectivity index (χ3v) is 5.69. The lowest BCUT2D eigenvalue weighted by Gasteiger charge is -2.28. The van der Waals surface area contributed by atoms with Gasteiger partial charge in [-0.25, -0.2) is 0 Å². The quantitative estimate of drug-likeness (QED) is 0.714. The maximum Gasteiger partial charge on any atom is 0.0448 e. The zero-order chi connectivity index (χ0) is 14.7. The highest BCUT2D eigenvalue weighted by Gasteiger charge is 2.28. The van der Waals surface area contributed by atoms with Crippen LogP contribution in [0.5, 0.6) is 0 Å². The Morgan fingerprint density at radius 1 is 1.19 bits per heavy atom. The van der Waals surface area contributed by atoms with E-state index in [4.69, 9.17) is 11.6 Å². The molecule has 1 aromatic heterocycles. The fourth-order valence-corrected chi connectivity index (χ4v) is 4.43. The van der Waals surface area contributed by atoms with E-state index < -0.39 is 0 Å². The van der Waals surface area contributed by atoms with Gasteiger partial charge in [0.1, 0.15) is 0 Å². The Hall–Kier alpha value is -0.830. The summed E-state index contributed by atoms with van der Waals surface area (Å²) in [6.07, 6.45) is 5.44. The standard InChI is InChI=1S/C18H22ClNS/c1-13(15-8-4-9-16(19)12-15)20-18(14-6-2-3-7-14)17-10-5-11-21-17/h4-5,8-14,18,20H,2-3,6-7H2,1H3. The van der Waals surface area contributed by atoms with Gasteiger partial charge in [0.2, 0.25) is 0 Å². The third kappa shape index (κ3) is 3.68. The molecule has 2 unspecified atom stereocenters. The van der Waals surface area contributed by atoms with Crippen molar-refractivity contribution in [3.63, 3.8) is 0 Å². The molecule has 3 rings (SSSR count). The van der Waals surface area contributed by atoms with Gasteiger partial charge in [-0.2, -0.15) is 0 Å². The number of hydrogen-bond acceptors (Lipinski definition) is 2. The van der Waals surface area contributed by atoms with E-state index in [2.05, 4.69) is 41.9 Å². The predicted molar refractivity (Wildman–Crippen MR) is 92.0 cm³/mol.